The predicted molar refractivity (Wildman–Crippen MR) is 112 cm³/mol. The van der Waals surface area contributed by atoms with Crippen LogP contribution in [-0.4, -0.2) is 34.0 Å². The standard InChI is InChI=1S/C22H14ClF4NO5/c23-14-7-10(8-16(29)30)5-6-15(14)28-9-13-17(20(28)31)19(33-22(26)27)12-4-2-1-3-11(12)18(13)32-21(24)25/h1-7,9,21-22,31H,8H2,(H,29,30). The summed E-state index contributed by atoms with van der Waals surface area (Å²) in [7, 11) is 0. The second-order valence-electron chi connectivity index (χ2n) is 6.93. The lowest BCUT2D eigenvalue weighted by atomic mass is 10.0. The van der Waals surface area contributed by atoms with E-state index >= 15 is 0 Å². The van der Waals surface area contributed by atoms with Crippen LogP contribution in [0.3, 0.4) is 0 Å². The van der Waals surface area contributed by atoms with Crippen LogP contribution < -0.4 is 9.47 Å². The average Bonchev–Trinajstić information content (AvgIpc) is 3.06. The minimum absolute atomic E-state index is 0.0249. The van der Waals surface area contributed by atoms with E-state index in [-0.39, 0.29) is 44.4 Å². The van der Waals surface area contributed by atoms with Crippen molar-refractivity contribution in [3.05, 3.63) is 59.2 Å². The lowest BCUT2D eigenvalue weighted by Gasteiger charge is -2.15. The zero-order valence-electron chi connectivity index (χ0n) is 16.4. The van der Waals surface area contributed by atoms with E-state index in [0.29, 0.717) is 5.56 Å². The lowest BCUT2D eigenvalue weighted by molar-refractivity contribution is -0.136. The highest BCUT2D eigenvalue weighted by Crippen LogP contribution is 2.49. The molecule has 6 nitrogen and oxygen atoms in total. The third-order valence-corrected chi connectivity index (χ3v) is 5.21. The molecule has 1 aromatic heterocycles. The number of hydrogen-bond acceptors (Lipinski definition) is 4. The van der Waals surface area contributed by atoms with E-state index < -0.39 is 30.8 Å². The van der Waals surface area contributed by atoms with Crippen molar-refractivity contribution >= 4 is 39.1 Å². The van der Waals surface area contributed by atoms with Crippen LogP contribution in [-0.2, 0) is 11.2 Å². The number of ether oxygens (including phenoxy) is 2. The quantitative estimate of drug-likeness (QED) is 0.316. The van der Waals surface area contributed by atoms with Gasteiger partial charge in [0.15, 0.2) is 0 Å². The summed E-state index contributed by atoms with van der Waals surface area (Å²) in [5.74, 6) is -2.46. The number of carboxylic acids is 1. The van der Waals surface area contributed by atoms with E-state index in [1.54, 1.807) is 0 Å². The minimum atomic E-state index is -3.26. The number of aromatic hydroxyl groups is 1. The van der Waals surface area contributed by atoms with Crippen LogP contribution in [0.1, 0.15) is 5.56 Å². The van der Waals surface area contributed by atoms with E-state index in [1.807, 2.05) is 0 Å². The van der Waals surface area contributed by atoms with Crippen LogP contribution in [0.2, 0.25) is 5.02 Å². The second-order valence-corrected chi connectivity index (χ2v) is 7.34. The first-order valence-electron chi connectivity index (χ1n) is 9.36. The Hall–Kier alpha value is -3.66. The van der Waals surface area contributed by atoms with Crippen LogP contribution in [0, 0.1) is 0 Å². The number of carbonyl (C=O) groups is 1. The maximum atomic E-state index is 13.2. The maximum Gasteiger partial charge on any atom is 0.387 e. The van der Waals surface area contributed by atoms with Crippen molar-refractivity contribution in [1.29, 1.82) is 0 Å². The number of alkyl halides is 4. The molecule has 0 saturated heterocycles. The number of rotatable bonds is 7. The summed E-state index contributed by atoms with van der Waals surface area (Å²) in [4.78, 5) is 10.9. The molecule has 1 heterocycles. The first kappa shape index (κ1) is 22.5. The van der Waals surface area contributed by atoms with Crippen molar-refractivity contribution in [3.63, 3.8) is 0 Å². The molecule has 0 atom stereocenters. The SMILES string of the molecule is O=C(O)Cc1ccc(-n2cc3c(OC(F)F)c4ccccc4c(OC(F)F)c3c2O)c(Cl)c1. The van der Waals surface area contributed by atoms with Gasteiger partial charge in [-0.25, -0.2) is 0 Å². The summed E-state index contributed by atoms with van der Waals surface area (Å²) in [6.45, 7) is -6.50. The van der Waals surface area contributed by atoms with Crippen molar-refractivity contribution in [2.24, 2.45) is 0 Å². The van der Waals surface area contributed by atoms with Crippen LogP contribution >= 0.6 is 11.6 Å². The summed E-state index contributed by atoms with van der Waals surface area (Å²) in [6, 6.07) is 9.97. The molecule has 0 amide bonds. The summed E-state index contributed by atoms with van der Waals surface area (Å²) in [5.41, 5.74) is 0.524. The molecule has 0 aliphatic heterocycles. The van der Waals surface area contributed by atoms with Gasteiger partial charge in [-0.2, -0.15) is 17.6 Å². The molecule has 0 radical (unpaired) electrons. The van der Waals surface area contributed by atoms with Gasteiger partial charge in [-0.1, -0.05) is 41.9 Å². The van der Waals surface area contributed by atoms with Gasteiger partial charge >= 0.3 is 19.2 Å². The fraction of sp³-hybridized carbons (Fsp3) is 0.136. The third kappa shape index (κ3) is 4.21. The molecule has 0 saturated carbocycles. The first-order chi connectivity index (χ1) is 15.7. The highest BCUT2D eigenvalue weighted by atomic mass is 35.5. The molecule has 33 heavy (non-hydrogen) atoms. The Morgan fingerprint density at radius 1 is 0.970 bits per heavy atom. The van der Waals surface area contributed by atoms with Crippen LogP contribution in [0.4, 0.5) is 17.6 Å². The number of hydrogen-bond donors (Lipinski definition) is 2. The summed E-state index contributed by atoms with van der Waals surface area (Å²) in [5, 5.41) is 19.6. The van der Waals surface area contributed by atoms with Crippen molar-refractivity contribution in [2.45, 2.75) is 19.6 Å². The Kier molecular flexibility index (Phi) is 5.94. The molecule has 0 spiro atoms. The highest BCUT2D eigenvalue weighted by Gasteiger charge is 2.26. The molecule has 0 fully saturated rings. The molecule has 3 aromatic carbocycles. The topological polar surface area (TPSA) is 80.9 Å². The van der Waals surface area contributed by atoms with Gasteiger partial charge < -0.3 is 19.7 Å². The molecule has 11 heteroatoms. The average molecular weight is 484 g/mol. The number of aromatic nitrogens is 1. The normalized spacial score (nSPS) is 11.6. The van der Waals surface area contributed by atoms with Gasteiger partial charge in [0.25, 0.3) is 0 Å². The van der Waals surface area contributed by atoms with Crippen molar-refractivity contribution < 1.29 is 42.0 Å². The smallest absolute Gasteiger partial charge is 0.387 e. The van der Waals surface area contributed by atoms with Gasteiger partial charge in [0.2, 0.25) is 5.88 Å². The lowest BCUT2D eigenvalue weighted by Crippen LogP contribution is -2.06. The van der Waals surface area contributed by atoms with Crippen molar-refractivity contribution in [2.75, 3.05) is 0 Å². The first-order valence-corrected chi connectivity index (χ1v) is 9.74. The molecule has 2 N–H and O–H groups in total. The van der Waals surface area contributed by atoms with Crippen LogP contribution in [0.5, 0.6) is 17.4 Å². The molecule has 0 aliphatic rings. The van der Waals surface area contributed by atoms with Gasteiger partial charge in [0.1, 0.15) is 11.5 Å². The minimum Gasteiger partial charge on any atom is -0.494 e. The second kappa shape index (κ2) is 8.70. The monoisotopic (exact) mass is 483 g/mol. The van der Waals surface area contributed by atoms with Crippen LogP contribution in [0.15, 0.2) is 48.7 Å². The van der Waals surface area contributed by atoms with Crippen molar-refractivity contribution in [1.82, 2.24) is 4.57 Å². The molecular weight excluding hydrogens is 470 g/mol. The molecule has 4 rings (SSSR count). The fourth-order valence-electron chi connectivity index (χ4n) is 3.69. The Bertz CT molecular complexity index is 1370. The number of carboxylic acid groups (broad SMARTS) is 1. The zero-order chi connectivity index (χ0) is 23.9. The molecule has 4 aromatic rings. The molecular formula is C22H14ClF4NO5. The van der Waals surface area contributed by atoms with Gasteiger partial charge in [-0.3, -0.25) is 9.36 Å². The van der Waals surface area contributed by atoms with Gasteiger partial charge in [0, 0.05) is 17.0 Å². The Morgan fingerprint density at radius 3 is 2.15 bits per heavy atom. The number of fused-ring (bicyclic) bond motifs is 2. The Balaban J connectivity index is 2.04. The Labute approximate surface area is 188 Å². The van der Waals surface area contributed by atoms with E-state index in [0.717, 1.165) is 4.57 Å². The summed E-state index contributed by atoms with van der Waals surface area (Å²) < 4.78 is 63.4. The number of halogens is 5. The van der Waals surface area contributed by atoms with Crippen molar-refractivity contribution in [3.8, 4) is 23.1 Å². The third-order valence-electron chi connectivity index (χ3n) is 4.91. The highest BCUT2D eigenvalue weighted by molar-refractivity contribution is 6.32. The molecule has 0 unspecified atom stereocenters. The molecule has 0 bridgehead atoms. The Morgan fingerprint density at radius 2 is 1.58 bits per heavy atom. The fourth-order valence-corrected chi connectivity index (χ4v) is 3.99. The van der Waals surface area contributed by atoms with E-state index in [1.165, 1.54) is 48.7 Å². The number of aliphatic carboxylic acids is 1. The van der Waals surface area contributed by atoms with E-state index in [9.17, 15) is 27.5 Å². The number of nitrogens with zero attached hydrogens (tertiary/aromatic N) is 1. The van der Waals surface area contributed by atoms with Gasteiger partial charge in [0.05, 0.1) is 27.9 Å². The predicted octanol–water partition coefficient (Wildman–Crippen LogP) is 5.97. The maximum absolute atomic E-state index is 13.2. The summed E-state index contributed by atoms with van der Waals surface area (Å²) in [6.07, 6.45) is 0.898. The van der Waals surface area contributed by atoms with Gasteiger partial charge in [-0.05, 0) is 17.7 Å². The summed E-state index contributed by atoms with van der Waals surface area (Å²) >= 11 is 6.27. The van der Waals surface area contributed by atoms with E-state index in [2.05, 4.69) is 4.74 Å². The van der Waals surface area contributed by atoms with Crippen LogP contribution in [0.25, 0.3) is 27.2 Å². The number of benzene rings is 3. The molecule has 172 valence electrons. The molecule has 0 aliphatic carbocycles. The van der Waals surface area contributed by atoms with Gasteiger partial charge in [-0.15, -0.1) is 0 Å². The zero-order valence-corrected chi connectivity index (χ0v) is 17.2. The largest absolute Gasteiger partial charge is 0.494 e. The van der Waals surface area contributed by atoms with E-state index in [4.69, 9.17) is 21.4 Å².